The highest BCUT2D eigenvalue weighted by Gasteiger charge is 2.33. The summed E-state index contributed by atoms with van der Waals surface area (Å²) in [7, 11) is 0. The lowest BCUT2D eigenvalue weighted by molar-refractivity contribution is -0.141. The first-order valence-electron chi connectivity index (χ1n) is 4.82. The molecule has 0 bridgehead atoms. The van der Waals surface area contributed by atoms with Gasteiger partial charge in [-0.2, -0.15) is 18.3 Å². The van der Waals surface area contributed by atoms with Crippen LogP contribution in [-0.4, -0.2) is 20.6 Å². The van der Waals surface area contributed by atoms with Crippen molar-refractivity contribution in [3.63, 3.8) is 0 Å². The molecule has 0 aromatic carbocycles. The number of rotatable bonds is 2. The molecule has 5 nitrogen and oxygen atoms in total. The third-order valence-corrected chi connectivity index (χ3v) is 2.18. The van der Waals surface area contributed by atoms with E-state index in [0.29, 0.717) is 0 Å². The van der Waals surface area contributed by atoms with Gasteiger partial charge in [0.05, 0.1) is 5.56 Å². The first-order chi connectivity index (χ1) is 8.39. The molecule has 0 fully saturated rings. The highest BCUT2D eigenvalue weighted by molar-refractivity contribution is 5.97. The van der Waals surface area contributed by atoms with Gasteiger partial charge in [-0.25, -0.2) is 9.67 Å². The predicted octanol–water partition coefficient (Wildman–Crippen LogP) is 1.57. The minimum atomic E-state index is -4.56. The molecule has 0 saturated carbocycles. The molecular formula is C10H8F3N5. The third kappa shape index (κ3) is 2.17. The van der Waals surface area contributed by atoms with Gasteiger partial charge in [0.15, 0.2) is 5.82 Å². The summed E-state index contributed by atoms with van der Waals surface area (Å²) in [6, 6.07) is 3.42. The van der Waals surface area contributed by atoms with Gasteiger partial charge >= 0.3 is 6.18 Å². The van der Waals surface area contributed by atoms with Crippen LogP contribution in [0.1, 0.15) is 11.3 Å². The van der Waals surface area contributed by atoms with Crippen molar-refractivity contribution < 1.29 is 13.2 Å². The van der Waals surface area contributed by atoms with Crippen molar-refractivity contribution in [2.75, 3.05) is 0 Å². The maximum Gasteiger partial charge on any atom is 0.433 e. The van der Waals surface area contributed by atoms with Crippen molar-refractivity contribution in [1.82, 2.24) is 14.8 Å². The van der Waals surface area contributed by atoms with Crippen LogP contribution in [-0.2, 0) is 6.18 Å². The number of amidine groups is 1. The van der Waals surface area contributed by atoms with E-state index < -0.39 is 11.9 Å². The van der Waals surface area contributed by atoms with Crippen molar-refractivity contribution in [3.05, 3.63) is 41.9 Å². The monoisotopic (exact) mass is 255 g/mol. The lowest BCUT2D eigenvalue weighted by Crippen LogP contribution is -2.19. The number of halogens is 3. The molecule has 3 N–H and O–H groups in total. The molecule has 0 aliphatic rings. The molecule has 0 saturated heterocycles. The summed E-state index contributed by atoms with van der Waals surface area (Å²) in [5.74, 6) is -0.496. The Morgan fingerprint density at radius 3 is 2.56 bits per heavy atom. The van der Waals surface area contributed by atoms with Crippen LogP contribution in [0.3, 0.4) is 0 Å². The SMILES string of the molecule is N=C(N)c1ccc(C(F)(F)F)nc1-n1cccn1. The number of pyridine rings is 1. The molecule has 18 heavy (non-hydrogen) atoms. The summed E-state index contributed by atoms with van der Waals surface area (Å²) in [4.78, 5) is 3.46. The molecule has 2 aromatic heterocycles. The summed E-state index contributed by atoms with van der Waals surface area (Å²) >= 11 is 0. The number of hydrogen-bond donors (Lipinski definition) is 2. The van der Waals surface area contributed by atoms with E-state index in [9.17, 15) is 13.2 Å². The fraction of sp³-hybridized carbons (Fsp3) is 0.100. The van der Waals surface area contributed by atoms with Crippen molar-refractivity contribution in [2.24, 2.45) is 5.73 Å². The number of nitrogens with zero attached hydrogens (tertiary/aromatic N) is 3. The van der Waals surface area contributed by atoms with Gasteiger partial charge in [-0.1, -0.05) is 0 Å². The Balaban J connectivity index is 2.63. The van der Waals surface area contributed by atoms with Gasteiger partial charge in [-0.15, -0.1) is 0 Å². The van der Waals surface area contributed by atoms with E-state index in [1.807, 2.05) is 0 Å². The molecule has 0 aliphatic carbocycles. The maximum absolute atomic E-state index is 12.6. The third-order valence-electron chi connectivity index (χ3n) is 2.18. The average molecular weight is 255 g/mol. The smallest absolute Gasteiger partial charge is 0.384 e. The minimum Gasteiger partial charge on any atom is -0.384 e. The summed E-state index contributed by atoms with van der Waals surface area (Å²) in [5, 5.41) is 11.1. The molecule has 2 rings (SSSR count). The van der Waals surface area contributed by atoms with Gasteiger partial charge in [0.25, 0.3) is 0 Å². The molecule has 0 spiro atoms. The van der Waals surface area contributed by atoms with Gasteiger partial charge in [-0.3, -0.25) is 5.41 Å². The van der Waals surface area contributed by atoms with E-state index in [0.717, 1.165) is 16.8 Å². The number of aromatic nitrogens is 3. The molecule has 8 heteroatoms. The zero-order chi connectivity index (χ0) is 13.3. The fourth-order valence-electron chi connectivity index (χ4n) is 1.39. The Hall–Kier alpha value is -2.38. The van der Waals surface area contributed by atoms with Gasteiger partial charge in [0.1, 0.15) is 11.5 Å². The number of nitrogen functional groups attached to an aromatic ring is 1. The summed E-state index contributed by atoms with van der Waals surface area (Å²) in [6.45, 7) is 0. The van der Waals surface area contributed by atoms with Crippen LogP contribution in [0.4, 0.5) is 13.2 Å². The van der Waals surface area contributed by atoms with E-state index in [1.165, 1.54) is 18.5 Å². The van der Waals surface area contributed by atoms with Crippen molar-refractivity contribution in [2.45, 2.75) is 6.18 Å². The minimum absolute atomic E-state index is 0.0895. The highest BCUT2D eigenvalue weighted by Crippen LogP contribution is 2.28. The van der Waals surface area contributed by atoms with Gasteiger partial charge in [0, 0.05) is 12.4 Å². The Morgan fingerprint density at radius 1 is 1.33 bits per heavy atom. The number of nitrogens with two attached hydrogens (primary N) is 1. The number of hydrogen-bond acceptors (Lipinski definition) is 3. The maximum atomic E-state index is 12.6. The lowest BCUT2D eigenvalue weighted by atomic mass is 10.2. The largest absolute Gasteiger partial charge is 0.433 e. The van der Waals surface area contributed by atoms with Crippen LogP contribution in [0.2, 0.25) is 0 Å². The molecule has 0 aliphatic heterocycles. The average Bonchev–Trinajstić information content (AvgIpc) is 2.80. The second kappa shape index (κ2) is 4.13. The second-order valence-electron chi connectivity index (χ2n) is 3.43. The van der Waals surface area contributed by atoms with E-state index in [2.05, 4.69) is 10.1 Å². The molecule has 94 valence electrons. The van der Waals surface area contributed by atoms with Gasteiger partial charge in [-0.05, 0) is 18.2 Å². The second-order valence-corrected chi connectivity index (χ2v) is 3.43. The van der Waals surface area contributed by atoms with Crippen LogP contribution >= 0.6 is 0 Å². The van der Waals surface area contributed by atoms with Crippen molar-refractivity contribution in [3.8, 4) is 5.82 Å². The molecule has 0 amide bonds. The highest BCUT2D eigenvalue weighted by atomic mass is 19.4. The Morgan fingerprint density at radius 2 is 2.06 bits per heavy atom. The normalized spacial score (nSPS) is 11.5. The Labute approximate surface area is 99.6 Å². The van der Waals surface area contributed by atoms with Crippen LogP contribution in [0.15, 0.2) is 30.6 Å². The predicted molar refractivity (Wildman–Crippen MR) is 57.4 cm³/mol. The van der Waals surface area contributed by atoms with Crippen molar-refractivity contribution >= 4 is 5.84 Å². The molecule has 0 unspecified atom stereocenters. The van der Waals surface area contributed by atoms with Crippen LogP contribution in [0.25, 0.3) is 5.82 Å². The summed E-state index contributed by atoms with van der Waals surface area (Å²) in [6.07, 6.45) is -1.74. The summed E-state index contributed by atoms with van der Waals surface area (Å²) < 4.78 is 38.8. The fourth-order valence-corrected chi connectivity index (χ4v) is 1.39. The molecule has 0 radical (unpaired) electrons. The molecule has 2 heterocycles. The molecule has 2 aromatic rings. The first kappa shape index (κ1) is 12.1. The van der Waals surface area contributed by atoms with E-state index in [4.69, 9.17) is 11.1 Å². The van der Waals surface area contributed by atoms with Gasteiger partial charge < -0.3 is 5.73 Å². The standard InChI is InChI=1S/C10H8F3N5/c11-10(12,13)7-3-2-6(8(14)15)9(17-7)18-5-1-4-16-18/h1-5H,(H3,14,15). The first-order valence-corrected chi connectivity index (χ1v) is 4.82. The summed E-state index contributed by atoms with van der Waals surface area (Å²) in [5.41, 5.74) is 4.33. The Bertz CT molecular complexity index is 574. The zero-order valence-corrected chi connectivity index (χ0v) is 8.94. The molecular weight excluding hydrogens is 247 g/mol. The number of alkyl halides is 3. The number of nitrogens with one attached hydrogen (secondary N) is 1. The van der Waals surface area contributed by atoms with Gasteiger partial charge in [0.2, 0.25) is 0 Å². The zero-order valence-electron chi connectivity index (χ0n) is 8.94. The van der Waals surface area contributed by atoms with Crippen LogP contribution in [0, 0.1) is 5.41 Å². The van der Waals surface area contributed by atoms with Crippen LogP contribution < -0.4 is 5.73 Å². The lowest BCUT2D eigenvalue weighted by Gasteiger charge is -2.11. The quantitative estimate of drug-likeness (QED) is 0.631. The van der Waals surface area contributed by atoms with E-state index in [-0.39, 0.29) is 17.2 Å². The molecule has 0 atom stereocenters. The Kier molecular flexibility index (Phi) is 2.77. The van der Waals surface area contributed by atoms with E-state index in [1.54, 1.807) is 0 Å². The van der Waals surface area contributed by atoms with Crippen LogP contribution in [0.5, 0.6) is 0 Å². The topological polar surface area (TPSA) is 80.6 Å². The van der Waals surface area contributed by atoms with E-state index >= 15 is 0 Å². The van der Waals surface area contributed by atoms with Crippen molar-refractivity contribution in [1.29, 1.82) is 5.41 Å².